The molecule has 0 radical (unpaired) electrons. The third-order valence-electron chi connectivity index (χ3n) is 4.05. The molecular weight excluding hydrogens is 337 g/mol. The van der Waals surface area contributed by atoms with Crippen LogP contribution in [0.4, 0.5) is 13.2 Å². The van der Waals surface area contributed by atoms with E-state index >= 15 is 0 Å². The summed E-state index contributed by atoms with van der Waals surface area (Å²) in [5.74, 6) is -1.48. The molecule has 0 spiro atoms. The zero-order valence-corrected chi connectivity index (χ0v) is 14.0. The van der Waals surface area contributed by atoms with Crippen molar-refractivity contribution < 1.29 is 26.0 Å². The first-order chi connectivity index (χ1) is 10.4. The van der Waals surface area contributed by atoms with Gasteiger partial charge >= 0.3 is 6.18 Å². The molecule has 3 atom stereocenters. The Bertz CT molecular complexity index is 659. The number of aromatic nitrogens is 2. The van der Waals surface area contributed by atoms with Gasteiger partial charge in [-0.3, -0.25) is 4.90 Å². The molecular formula is C12H19F3N4O3S. The van der Waals surface area contributed by atoms with Crippen LogP contribution in [0.3, 0.4) is 0 Å². The Balaban J connectivity index is 2.30. The van der Waals surface area contributed by atoms with Crippen LogP contribution in [-0.2, 0) is 10.0 Å². The van der Waals surface area contributed by atoms with Gasteiger partial charge in [-0.05, 0) is 6.92 Å². The van der Waals surface area contributed by atoms with Gasteiger partial charge in [-0.2, -0.15) is 13.2 Å². The van der Waals surface area contributed by atoms with Crippen LogP contribution in [0.1, 0.15) is 24.7 Å². The number of nitrogens with zero attached hydrogens (tertiary/aromatic N) is 4. The SMILES string of the molecule is Cc1nnc(C(C)N2C[C@H](C(F)(F)F)[C@@H](S(=O)(=O)N(C)C)C2)o1. The summed E-state index contributed by atoms with van der Waals surface area (Å²) in [6.45, 7) is 2.52. The highest BCUT2D eigenvalue weighted by Crippen LogP contribution is 2.40. The summed E-state index contributed by atoms with van der Waals surface area (Å²) < 4.78 is 70.4. The monoisotopic (exact) mass is 356 g/mol. The Kier molecular flexibility index (Phi) is 4.75. The molecule has 1 aliphatic heterocycles. The van der Waals surface area contributed by atoms with Crippen molar-refractivity contribution in [3.8, 4) is 0 Å². The van der Waals surface area contributed by atoms with Crippen molar-refractivity contribution in [3.63, 3.8) is 0 Å². The van der Waals surface area contributed by atoms with Crippen molar-refractivity contribution in [2.45, 2.75) is 31.3 Å². The van der Waals surface area contributed by atoms with E-state index in [1.54, 1.807) is 13.8 Å². The number of hydrogen-bond acceptors (Lipinski definition) is 6. The molecule has 1 aliphatic rings. The summed E-state index contributed by atoms with van der Waals surface area (Å²) in [6.07, 6.45) is -4.60. The number of alkyl halides is 3. The molecule has 23 heavy (non-hydrogen) atoms. The van der Waals surface area contributed by atoms with Crippen molar-refractivity contribution in [2.75, 3.05) is 27.2 Å². The number of sulfonamides is 1. The molecule has 1 aromatic heterocycles. The van der Waals surface area contributed by atoms with Crippen molar-refractivity contribution in [1.29, 1.82) is 0 Å². The molecule has 1 aromatic rings. The van der Waals surface area contributed by atoms with Crippen molar-refractivity contribution in [2.24, 2.45) is 5.92 Å². The van der Waals surface area contributed by atoms with E-state index in [0.717, 1.165) is 4.31 Å². The summed E-state index contributed by atoms with van der Waals surface area (Å²) in [5, 5.41) is 5.90. The van der Waals surface area contributed by atoms with Gasteiger partial charge in [0, 0.05) is 34.1 Å². The number of likely N-dealkylation sites (tertiary alicyclic amines) is 1. The second-order valence-electron chi connectivity index (χ2n) is 5.80. The lowest BCUT2D eigenvalue weighted by Gasteiger charge is -2.24. The van der Waals surface area contributed by atoms with E-state index in [1.165, 1.54) is 19.0 Å². The average Bonchev–Trinajstić information content (AvgIpc) is 3.03. The zero-order valence-electron chi connectivity index (χ0n) is 13.2. The van der Waals surface area contributed by atoms with Gasteiger partial charge in [-0.15, -0.1) is 10.2 Å². The molecule has 2 heterocycles. The number of hydrogen-bond donors (Lipinski definition) is 0. The molecule has 2 rings (SSSR count). The highest BCUT2D eigenvalue weighted by Gasteiger charge is 2.55. The van der Waals surface area contributed by atoms with Crippen molar-refractivity contribution in [1.82, 2.24) is 19.4 Å². The van der Waals surface area contributed by atoms with E-state index in [0.29, 0.717) is 5.89 Å². The van der Waals surface area contributed by atoms with Gasteiger partial charge in [-0.25, -0.2) is 12.7 Å². The normalized spacial score (nSPS) is 25.2. The Morgan fingerprint density at radius 2 is 1.91 bits per heavy atom. The molecule has 7 nitrogen and oxygen atoms in total. The van der Waals surface area contributed by atoms with Gasteiger partial charge in [0.2, 0.25) is 21.8 Å². The fraction of sp³-hybridized carbons (Fsp3) is 0.833. The first kappa shape index (κ1) is 18.1. The molecule has 0 saturated carbocycles. The van der Waals surface area contributed by atoms with Gasteiger partial charge < -0.3 is 4.42 Å². The van der Waals surface area contributed by atoms with Gasteiger partial charge in [0.1, 0.15) is 5.25 Å². The fourth-order valence-electron chi connectivity index (χ4n) is 2.64. The molecule has 11 heteroatoms. The maximum absolute atomic E-state index is 13.3. The van der Waals surface area contributed by atoms with Crippen LogP contribution in [0.5, 0.6) is 0 Å². The van der Waals surface area contributed by atoms with Crippen LogP contribution in [0.25, 0.3) is 0 Å². The second-order valence-corrected chi connectivity index (χ2v) is 8.17. The summed E-state index contributed by atoms with van der Waals surface area (Å²) in [7, 11) is -1.58. The standard InChI is InChI=1S/C12H19F3N4O3S/c1-7(11-17-16-8(2)22-11)19-5-9(12(13,14)15)10(6-19)23(20,21)18(3)4/h7,9-10H,5-6H2,1-4H3/t7?,9-,10-/m0/s1. The lowest BCUT2D eigenvalue weighted by atomic mass is 10.1. The van der Waals surface area contributed by atoms with Crippen LogP contribution >= 0.6 is 0 Å². The predicted molar refractivity (Wildman–Crippen MR) is 75.0 cm³/mol. The van der Waals surface area contributed by atoms with Crippen LogP contribution < -0.4 is 0 Å². The zero-order chi connectivity index (χ0) is 17.6. The smallest absolute Gasteiger partial charge is 0.394 e. The molecule has 0 aromatic carbocycles. The minimum Gasteiger partial charge on any atom is -0.424 e. The van der Waals surface area contributed by atoms with Gasteiger partial charge in [-0.1, -0.05) is 0 Å². The highest BCUT2D eigenvalue weighted by molar-refractivity contribution is 7.89. The van der Waals surface area contributed by atoms with Crippen molar-refractivity contribution in [3.05, 3.63) is 11.8 Å². The molecule has 1 unspecified atom stereocenters. The minimum absolute atomic E-state index is 0.173. The Labute approximate surface area is 132 Å². The van der Waals surface area contributed by atoms with Crippen LogP contribution in [0.2, 0.25) is 0 Å². The number of rotatable bonds is 4. The Morgan fingerprint density at radius 3 is 2.35 bits per heavy atom. The highest BCUT2D eigenvalue weighted by atomic mass is 32.2. The maximum Gasteiger partial charge on any atom is 0.394 e. The Morgan fingerprint density at radius 1 is 1.30 bits per heavy atom. The minimum atomic E-state index is -4.60. The topological polar surface area (TPSA) is 79.5 Å². The van der Waals surface area contributed by atoms with E-state index < -0.39 is 40.0 Å². The summed E-state index contributed by atoms with van der Waals surface area (Å²) in [5.41, 5.74) is 0. The van der Waals surface area contributed by atoms with E-state index in [1.807, 2.05) is 0 Å². The largest absolute Gasteiger partial charge is 0.424 e. The van der Waals surface area contributed by atoms with Crippen LogP contribution in [-0.4, -0.2) is 66.4 Å². The first-order valence-electron chi connectivity index (χ1n) is 6.96. The molecule has 0 aliphatic carbocycles. The second kappa shape index (κ2) is 6.02. The molecule has 1 saturated heterocycles. The number of aryl methyl sites for hydroxylation is 1. The van der Waals surface area contributed by atoms with Crippen LogP contribution in [0.15, 0.2) is 4.42 Å². The molecule has 1 fully saturated rings. The quantitative estimate of drug-likeness (QED) is 0.806. The van der Waals surface area contributed by atoms with E-state index in [4.69, 9.17) is 4.42 Å². The Hall–Kier alpha value is -1.20. The van der Waals surface area contributed by atoms with Gasteiger partial charge in [0.25, 0.3) is 0 Å². The molecule has 0 N–H and O–H groups in total. The molecule has 0 amide bonds. The van der Waals surface area contributed by atoms with E-state index in [9.17, 15) is 21.6 Å². The van der Waals surface area contributed by atoms with Crippen LogP contribution in [0, 0.1) is 12.8 Å². The van der Waals surface area contributed by atoms with E-state index in [2.05, 4.69) is 10.2 Å². The molecule has 0 bridgehead atoms. The summed E-state index contributed by atoms with van der Waals surface area (Å²) >= 11 is 0. The van der Waals surface area contributed by atoms with Crippen molar-refractivity contribution >= 4 is 10.0 Å². The van der Waals surface area contributed by atoms with Gasteiger partial charge in [0.05, 0.1) is 12.0 Å². The summed E-state index contributed by atoms with van der Waals surface area (Å²) in [6, 6.07) is -0.594. The lowest BCUT2D eigenvalue weighted by molar-refractivity contribution is -0.170. The third-order valence-corrected chi connectivity index (χ3v) is 6.31. The van der Waals surface area contributed by atoms with E-state index in [-0.39, 0.29) is 12.4 Å². The lowest BCUT2D eigenvalue weighted by Crippen LogP contribution is -2.43. The maximum atomic E-state index is 13.3. The first-order valence-corrected chi connectivity index (χ1v) is 8.47. The van der Waals surface area contributed by atoms with Gasteiger partial charge in [0.15, 0.2) is 0 Å². The fourth-order valence-corrected chi connectivity index (χ4v) is 4.22. The number of halogens is 3. The molecule has 132 valence electrons. The third kappa shape index (κ3) is 3.50. The predicted octanol–water partition coefficient (Wildman–Crippen LogP) is 1.19. The average molecular weight is 356 g/mol. The summed E-state index contributed by atoms with van der Waals surface area (Å²) in [4.78, 5) is 1.41.